The molecule has 0 spiro atoms. The molecule has 140 valence electrons. The summed E-state index contributed by atoms with van der Waals surface area (Å²) in [6.07, 6.45) is 3.29. The number of rotatable bonds is 3. The molecule has 0 aliphatic heterocycles. The van der Waals surface area contributed by atoms with Gasteiger partial charge in [0, 0.05) is 17.4 Å². The lowest BCUT2D eigenvalue weighted by Crippen LogP contribution is -2.10. The minimum absolute atomic E-state index is 0.109. The zero-order chi connectivity index (χ0) is 19.9. The standard InChI is InChI=1S/C24H23N3O/c1-5-22(28)25-18-12-13-20-19(15-18)26-23(21-7-6-14-27(20)21)16-8-10-17(11-9-16)24(2,3)4/h5-15H,1H2,2-4H3,(H,25,28). The van der Waals surface area contributed by atoms with Crippen molar-refractivity contribution in [2.24, 2.45) is 0 Å². The second-order valence-electron chi connectivity index (χ2n) is 7.95. The molecule has 4 aromatic rings. The average Bonchev–Trinajstić information content (AvgIpc) is 3.16. The van der Waals surface area contributed by atoms with Crippen molar-refractivity contribution in [3.8, 4) is 11.3 Å². The largest absolute Gasteiger partial charge is 0.322 e. The number of hydrogen-bond acceptors (Lipinski definition) is 2. The lowest BCUT2D eigenvalue weighted by Gasteiger charge is -2.19. The number of amides is 1. The molecule has 2 aromatic heterocycles. The Morgan fingerprint density at radius 1 is 1.07 bits per heavy atom. The van der Waals surface area contributed by atoms with Crippen molar-refractivity contribution in [1.82, 2.24) is 9.38 Å². The Balaban J connectivity index is 1.88. The minimum Gasteiger partial charge on any atom is -0.322 e. The lowest BCUT2D eigenvalue weighted by atomic mass is 9.86. The van der Waals surface area contributed by atoms with Crippen molar-refractivity contribution in [2.45, 2.75) is 26.2 Å². The molecule has 0 aliphatic rings. The molecule has 0 saturated heterocycles. The van der Waals surface area contributed by atoms with Gasteiger partial charge in [0.25, 0.3) is 0 Å². The van der Waals surface area contributed by atoms with Gasteiger partial charge in [-0.1, -0.05) is 51.6 Å². The Kier molecular flexibility index (Phi) is 4.27. The van der Waals surface area contributed by atoms with E-state index >= 15 is 0 Å². The third-order valence-electron chi connectivity index (χ3n) is 4.94. The number of carbonyl (C=O) groups excluding carboxylic acids is 1. The molecular formula is C24H23N3O. The number of fused-ring (bicyclic) bond motifs is 3. The molecule has 0 fully saturated rings. The van der Waals surface area contributed by atoms with Gasteiger partial charge in [-0.15, -0.1) is 0 Å². The van der Waals surface area contributed by atoms with Crippen molar-refractivity contribution in [2.75, 3.05) is 5.32 Å². The maximum atomic E-state index is 11.6. The Bertz CT molecular complexity index is 1190. The van der Waals surface area contributed by atoms with Crippen LogP contribution in [0.2, 0.25) is 0 Å². The maximum absolute atomic E-state index is 11.6. The number of nitrogens with zero attached hydrogens (tertiary/aromatic N) is 2. The van der Waals surface area contributed by atoms with E-state index in [2.05, 4.69) is 67.4 Å². The molecule has 2 aromatic carbocycles. The van der Waals surface area contributed by atoms with Crippen LogP contribution >= 0.6 is 0 Å². The molecule has 2 heterocycles. The number of carbonyl (C=O) groups is 1. The summed E-state index contributed by atoms with van der Waals surface area (Å²) in [7, 11) is 0. The summed E-state index contributed by atoms with van der Waals surface area (Å²) >= 11 is 0. The van der Waals surface area contributed by atoms with Gasteiger partial charge in [0.1, 0.15) is 0 Å². The van der Waals surface area contributed by atoms with E-state index in [-0.39, 0.29) is 11.3 Å². The normalized spacial score (nSPS) is 11.7. The highest BCUT2D eigenvalue weighted by atomic mass is 16.1. The van der Waals surface area contributed by atoms with Gasteiger partial charge in [-0.05, 0) is 47.4 Å². The highest BCUT2D eigenvalue weighted by Gasteiger charge is 2.15. The van der Waals surface area contributed by atoms with Crippen LogP contribution in [0.25, 0.3) is 27.8 Å². The van der Waals surface area contributed by atoms with Gasteiger partial charge in [-0.2, -0.15) is 0 Å². The molecule has 0 saturated carbocycles. The zero-order valence-electron chi connectivity index (χ0n) is 16.4. The first-order valence-corrected chi connectivity index (χ1v) is 9.32. The quantitative estimate of drug-likeness (QED) is 0.479. The molecule has 4 heteroatoms. The van der Waals surface area contributed by atoms with E-state index in [9.17, 15) is 4.79 Å². The first-order valence-electron chi connectivity index (χ1n) is 9.32. The summed E-state index contributed by atoms with van der Waals surface area (Å²) in [6.45, 7) is 10.1. The van der Waals surface area contributed by atoms with Gasteiger partial charge < -0.3 is 9.72 Å². The van der Waals surface area contributed by atoms with Crippen molar-refractivity contribution in [1.29, 1.82) is 0 Å². The Hall–Kier alpha value is -3.40. The van der Waals surface area contributed by atoms with Crippen LogP contribution in [0.5, 0.6) is 0 Å². The Morgan fingerprint density at radius 3 is 2.50 bits per heavy atom. The molecule has 28 heavy (non-hydrogen) atoms. The SMILES string of the molecule is C=CC(=O)Nc1ccc2c(c1)nc(-c1ccc(C(C)(C)C)cc1)c1cccn12. The van der Waals surface area contributed by atoms with Crippen LogP contribution in [0.15, 0.2) is 73.4 Å². The third-order valence-corrected chi connectivity index (χ3v) is 4.94. The summed E-state index contributed by atoms with van der Waals surface area (Å²) in [5, 5.41) is 2.80. The zero-order valence-corrected chi connectivity index (χ0v) is 16.4. The number of hydrogen-bond donors (Lipinski definition) is 1. The van der Waals surface area contributed by atoms with Gasteiger partial charge in [-0.3, -0.25) is 4.79 Å². The van der Waals surface area contributed by atoms with Crippen LogP contribution in [0, 0.1) is 0 Å². The molecule has 1 amide bonds. The molecule has 0 unspecified atom stereocenters. The number of anilines is 1. The van der Waals surface area contributed by atoms with Gasteiger partial charge in [0.2, 0.25) is 5.91 Å². The van der Waals surface area contributed by atoms with E-state index in [1.165, 1.54) is 11.6 Å². The van der Waals surface area contributed by atoms with E-state index in [0.29, 0.717) is 5.69 Å². The highest BCUT2D eigenvalue weighted by Crippen LogP contribution is 2.30. The van der Waals surface area contributed by atoms with Crippen LogP contribution in [-0.2, 0) is 10.2 Å². The van der Waals surface area contributed by atoms with E-state index < -0.39 is 0 Å². The number of benzene rings is 2. The fourth-order valence-electron chi connectivity index (χ4n) is 3.39. The molecule has 0 aliphatic carbocycles. The smallest absolute Gasteiger partial charge is 0.247 e. The Labute approximate surface area is 164 Å². The number of aromatic nitrogens is 2. The summed E-state index contributed by atoms with van der Waals surface area (Å²) < 4.78 is 2.13. The summed E-state index contributed by atoms with van der Waals surface area (Å²) in [4.78, 5) is 16.6. The average molecular weight is 369 g/mol. The fraction of sp³-hybridized carbons (Fsp3) is 0.167. The molecular weight excluding hydrogens is 346 g/mol. The van der Waals surface area contributed by atoms with Crippen molar-refractivity contribution in [3.05, 3.63) is 79.0 Å². The van der Waals surface area contributed by atoms with Crippen molar-refractivity contribution >= 4 is 28.1 Å². The molecule has 1 N–H and O–H groups in total. The van der Waals surface area contributed by atoms with Crippen LogP contribution in [0.3, 0.4) is 0 Å². The summed E-state index contributed by atoms with van der Waals surface area (Å²) in [6, 6.07) is 18.4. The second-order valence-corrected chi connectivity index (χ2v) is 7.95. The van der Waals surface area contributed by atoms with Crippen LogP contribution in [0.4, 0.5) is 5.69 Å². The monoisotopic (exact) mass is 369 g/mol. The van der Waals surface area contributed by atoms with Gasteiger partial charge in [0.15, 0.2) is 0 Å². The van der Waals surface area contributed by atoms with Crippen molar-refractivity contribution in [3.63, 3.8) is 0 Å². The molecule has 0 bridgehead atoms. The predicted molar refractivity (Wildman–Crippen MR) is 116 cm³/mol. The van der Waals surface area contributed by atoms with Crippen LogP contribution in [0.1, 0.15) is 26.3 Å². The fourth-order valence-corrected chi connectivity index (χ4v) is 3.39. The predicted octanol–water partition coefficient (Wildman–Crippen LogP) is 5.58. The van der Waals surface area contributed by atoms with Crippen LogP contribution < -0.4 is 5.32 Å². The van der Waals surface area contributed by atoms with Gasteiger partial charge in [-0.25, -0.2) is 4.98 Å². The molecule has 4 rings (SSSR count). The first kappa shape index (κ1) is 18.0. The van der Waals surface area contributed by atoms with Crippen molar-refractivity contribution < 1.29 is 4.79 Å². The van der Waals surface area contributed by atoms with E-state index in [0.717, 1.165) is 27.8 Å². The van der Waals surface area contributed by atoms with E-state index in [1.54, 1.807) is 0 Å². The molecule has 0 atom stereocenters. The first-order chi connectivity index (χ1) is 13.4. The van der Waals surface area contributed by atoms with Gasteiger partial charge in [0.05, 0.1) is 22.2 Å². The van der Waals surface area contributed by atoms with Gasteiger partial charge >= 0.3 is 0 Å². The minimum atomic E-state index is -0.237. The maximum Gasteiger partial charge on any atom is 0.247 e. The molecule has 4 nitrogen and oxygen atoms in total. The van der Waals surface area contributed by atoms with E-state index in [4.69, 9.17) is 4.98 Å². The number of nitrogens with one attached hydrogen (secondary N) is 1. The topological polar surface area (TPSA) is 46.4 Å². The second kappa shape index (κ2) is 6.64. The highest BCUT2D eigenvalue weighted by molar-refractivity contribution is 6.00. The van der Waals surface area contributed by atoms with E-state index in [1.807, 2.05) is 30.5 Å². The lowest BCUT2D eigenvalue weighted by molar-refractivity contribution is -0.111. The Morgan fingerprint density at radius 2 is 1.82 bits per heavy atom. The summed E-state index contributed by atoms with van der Waals surface area (Å²) in [5.74, 6) is -0.237. The third kappa shape index (κ3) is 3.18. The molecule has 0 radical (unpaired) electrons. The summed E-state index contributed by atoms with van der Waals surface area (Å²) in [5.41, 5.74) is 6.96. The van der Waals surface area contributed by atoms with Crippen LogP contribution in [-0.4, -0.2) is 15.3 Å².